The average molecular weight is 623 g/mol. The lowest BCUT2D eigenvalue weighted by Gasteiger charge is -2.27. The van der Waals surface area contributed by atoms with E-state index in [4.69, 9.17) is 17.2 Å². The number of nitrogens with two attached hydrogens (primary N) is 3. The number of carbonyl (C=O) groups excluding carboxylic acids is 3. The van der Waals surface area contributed by atoms with Crippen LogP contribution in [0.4, 0.5) is 0 Å². The van der Waals surface area contributed by atoms with Crippen LogP contribution in [0.15, 0.2) is 59.7 Å². The first-order valence-electron chi connectivity index (χ1n) is 14.6. The zero-order valence-electron chi connectivity index (χ0n) is 25.3. The Hall–Kier alpha value is -5.11. The molecule has 4 atom stereocenters. The smallest absolute Gasteiger partial charge is 0.326 e. The number of nitrogens with one attached hydrogen (secondary N) is 4. The van der Waals surface area contributed by atoms with Crippen LogP contribution >= 0.6 is 0 Å². The molecule has 0 spiro atoms. The van der Waals surface area contributed by atoms with E-state index in [0.717, 1.165) is 16.5 Å². The number of carbonyl (C=O) groups is 4. The number of aromatic nitrogens is 1. The van der Waals surface area contributed by atoms with E-state index in [0.29, 0.717) is 12.0 Å². The SMILES string of the molecule is CC(C)C(NC(=O)C(Cc1ccc(O)cc1)NC(=O)C(N)CCCN=C(N)N)C(=O)NC(Cc1c[nH]c2ccccc12)C(=O)O. The number of amides is 3. The number of H-pyrrole nitrogens is 1. The van der Waals surface area contributed by atoms with Gasteiger partial charge in [-0.15, -0.1) is 0 Å². The standard InChI is InChI=1S/C31H42N8O6/c1-17(2)26(29(43)38-25(30(44)45)15-19-16-36-23-8-4-3-6-21(19)23)39-28(42)24(14-18-9-11-20(40)12-10-18)37-27(41)22(32)7-5-13-35-31(33)34/h3-4,6,8-12,16-17,22,24-26,36,40H,5,7,13-15,32H2,1-2H3,(H,37,41)(H,38,43)(H,39,42)(H,44,45)(H4,33,34,35). The Balaban J connectivity index is 1.74. The van der Waals surface area contributed by atoms with Crippen molar-refractivity contribution in [2.24, 2.45) is 28.1 Å². The van der Waals surface area contributed by atoms with Crippen LogP contribution in [0, 0.1) is 5.92 Å². The summed E-state index contributed by atoms with van der Waals surface area (Å²) in [6.07, 6.45) is 2.44. The summed E-state index contributed by atoms with van der Waals surface area (Å²) in [6, 6.07) is 9.05. The summed E-state index contributed by atoms with van der Waals surface area (Å²) >= 11 is 0. The number of phenols is 1. The molecule has 0 aliphatic carbocycles. The number of carboxylic acids is 1. The van der Waals surface area contributed by atoms with Crippen LogP contribution in [0.2, 0.25) is 0 Å². The molecule has 3 rings (SSSR count). The molecule has 0 radical (unpaired) electrons. The second-order valence-electron chi connectivity index (χ2n) is 11.2. The number of phenolic OH excluding ortho intramolecular Hbond substituents is 1. The first-order valence-corrected chi connectivity index (χ1v) is 14.6. The van der Waals surface area contributed by atoms with Gasteiger partial charge in [0.05, 0.1) is 6.04 Å². The molecule has 3 aromatic rings. The van der Waals surface area contributed by atoms with Gasteiger partial charge in [0.15, 0.2) is 5.96 Å². The molecule has 4 unspecified atom stereocenters. The highest BCUT2D eigenvalue weighted by molar-refractivity contribution is 5.94. The molecule has 0 aliphatic rings. The quantitative estimate of drug-likeness (QED) is 0.0601. The van der Waals surface area contributed by atoms with Gasteiger partial charge in [0, 0.05) is 36.5 Å². The number of carboxylic acid groups (broad SMARTS) is 1. The fraction of sp³-hybridized carbons (Fsp3) is 0.387. The van der Waals surface area contributed by atoms with Crippen molar-refractivity contribution in [2.75, 3.05) is 6.54 Å². The van der Waals surface area contributed by atoms with Gasteiger partial charge in [-0.2, -0.15) is 0 Å². The first kappa shape index (κ1) is 34.4. The van der Waals surface area contributed by atoms with Gasteiger partial charge in [0.1, 0.15) is 23.9 Å². The number of fused-ring (bicyclic) bond motifs is 1. The third kappa shape index (κ3) is 10.2. The van der Waals surface area contributed by atoms with Crippen LogP contribution in [0.5, 0.6) is 5.75 Å². The third-order valence-corrected chi connectivity index (χ3v) is 7.27. The first-order chi connectivity index (χ1) is 21.3. The predicted octanol–water partition coefficient (Wildman–Crippen LogP) is 0.235. The molecule has 3 amide bonds. The molecular weight excluding hydrogens is 580 g/mol. The average Bonchev–Trinajstić information content (AvgIpc) is 3.40. The van der Waals surface area contributed by atoms with Crippen LogP contribution in [-0.4, -0.2) is 75.6 Å². The number of nitrogens with zero attached hydrogens (tertiary/aromatic N) is 1. The van der Waals surface area contributed by atoms with E-state index >= 15 is 0 Å². The van der Waals surface area contributed by atoms with Gasteiger partial charge in [-0.3, -0.25) is 19.4 Å². The highest BCUT2D eigenvalue weighted by Gasteiger charge is 2.32. The number of guanidine groups is 1. The maximum Gasteiger partial charge on any atom is 0.326 e. The Bertz CT molecular complexity index is 1500. The molecule has 0 saturated heterocycles. The highest BCUT2D eigenvalue weighted by Crippen LogP contribution is 2.19. The fourth-order valence-electron chi connectivity index (χ4n) is 4.78. The number of rotatable bonds is 16. The number of aromatic amines is 1. The van der Waals surface area contributed by atoms with Crippen LogP contribution in [-0.2, 0) is 32.0 Å². The van der Waals surface area contributed by atoms with Crippen molar-refractivity contribution in [3.8, 4) is 5.75 Å². The van der Waals surface area contributed by atoms with E-state index in [9.17, 15) is 29.4 Å². The molecule has 0 bridgehead atoms. The molecule has 0 fully saturated rings. The van der Waals surface area contributed by atoms with E-state index < -0.39 is 53.8 Å². The Morgan fingerprint density at radius 2 is 1.56 bits per heavy atom. The minimum atomic E-state index is -1.26. The topological polar surface area (TPSA) is 251 Å². The molecule has 14 nitrogen and oxygen atoms in total. The number of benzene rings is 2. The summed E-state index contributed by atoms with van der Waals surface area (Å²) in [4.78, 5) is 59.1. The molecule has 45 heavy (non-hydrogen) atoms. The van der Waals surface area contributed by atoms with Gasteiger partial charge in [-0.1, -0.05) is 44.2 Å². The Labute approximate surface area is 260 Å². The van der Waals surface area contributed by atoms with Crippen molar-refractivity contribution in [3.63, 3.8) is 0 Å². The minimum absolute atomic E-state index is 0.0183. The summed E-state index contributed by atoms with van der Waals surface area (Å²) in [7, 11) is 0. The van der Waals surface area contributed by atoms with E-state index in [1.807, 2.05) is 24.3 Å². The number of hydrogen-bond donors (Lipinski definition) is 9. The second kappa shape index (κ2) is 16.1. The zero-order chi connectivity index (χ0) is 33.1. The van der Waals surface area contributed by atoms with Crippen molar-refractivity contribution in [1.82, 2.24) is 20.9 Å². The van der Waals surface area contributed by atoms with Gasteiger partial charge in [-0.05, 0) is 48.1 Å². The van der Waals surface area contributed by atoms with Crippen molar-refractivity contribution in [2.45, 2.75) is 63.7 Å². The molecule has 2 aromatic carbocycles. The van der Waals surface area contributed by atoms with Gasteiger partial charge in [0.25, 0.3) is 0 Å². The zero-order valence-corrected chi connectivity index (χ0v) is 25.3. The fourth-order valence-corrected chi connectivity index (χ4v) is 4.78. The van der Waals surface area contributed by atoms with Crippen molar-refractivity contribution >= 4 is 40.6 Å². The van der Waals surface area contributed by atoms with E-state index in [2.05, 4.69) is 25.9 Å². The molecule has 14 heteroatoms. The molecule has 0 saturated carbocycles. The van der Waals surface area contributed by atoms with E-state index in [1.165, 1.54) is 12.1 Å². The number of aliphatic imine (C=N–C) groups is 1. The van der Waals surface area contributed by atoms with Gasteiger partial charge >= 0.3 is 5.97 Å². The molecule has 1 heterocycles. The van der Waals surface area contributed by atoms with Gasteiger partial charge in [0.2, 0.25) is 17.7 Å². The normalized spacial score (nSPS) is 13.8. The second-order valence-corrected chi connectivity index (χ2v) is 11.2. The summed E-state index contributed by atoms with van der Waals surface area (Å²) in [5.74, 6) is -3.64. The van der Waals surface area contributed by atoms with Crippen LogP contribution < -0.4 is 33.2 Å². The lowest BCUT2D eigenvalue weighted by atomic mass is 9.99. The maximum atomic E-state index is 13.6. The minimum Gasteiger partial charge on any atom is -0.508 e. The largest absolute Gasteiger partial charge is 0.508 e. The van der Waals surface area contributed by atoms with Crippen molar-refractivity contribution in [3.05, 3.63) is 65.9 Å². The number of aliphatic carboxylic acids is 1. The van der Waals surface area contributed by atoms with Crippen molar-refractivity contribution < 1.29 is 29.4 Å². The van der Waals surface area contributed by atoms with Crippen molar-refractivity contribution in [1.29, 1.82) is 0 Å². The molecule has 242 valence electrons. The summed E-state index contributed by atoms with van der Waals surface area (Å²) in [6.45, 7) is 3.70. The highest BCUT2D eigenvalue weighted by atomic mass is 16.4. The maximum absolute atomic E-state index is 13.6. The summed E-state index contributed by atoms with van der Waals surface area (Å²) in [5, 5.41) is 28.3. The lowest BCUT2D eigenvalue weighted by molar-refractivity contribution is -0.142. The Morgan fingerprint density at radius 1 is 0.889 bits per heavy atom. The number of para-hydroxylation sites is 1. The van der Waals surface area contributed by atoms with E-state index in [1.54, 1.807) is 32.2 Å². The molecule has 0 aliphatic heterocycles. The summed E-state index contributed by atoms with van der Waals surface area (Å²) in [5.41, 5.74) is 18.9. The summed E-state index contributed by atoms with van der Waals surface area (Å²) < 4.78 is 0. The van der Waals surface area contributed by atoms with Crippen LogP contribution in [0.25, 0.3) is 10.9 Å². The molecular formula is C31H42N8O6. The van der Waals surface area contributed by atoms with Gasteiger partial charge < -0.3 is 48.3 Å². The molecule has 12 N–H and O–H groups in total. The lowest BCUT2D eigenvalue weighted by Crippen LogP contribution is -2.59. The van der Waals surface area contributed by atoms with Crippen LogP contribution in [0.3, 0.4) is 0 Å². The van der Waals surface area contributed by atoms with E-state index in [-0.39, 0.29) is 37.5 Å². The molecule has 1 aromatic heterocycles. The number of aromatic hydroxyl groups is 1. The van der Waals surface area contributed by atoms with Crippen LogP contribution in [0.1, 0.15) is 37.8 Å². The third-order valence-electron chi connectivity index (χ3n) is 7.27. The Morgan fingerprint density at radius 3 is 2.20 bits per heavy atom. The Kier molecular flexibility index (Phi) is 12.3. The monoisotopic (exact) mass is 622 g/mol. The van der Waals surface area contributed by atoms with Gasteiger partial charge in [-0.25, -0.2) is 4.79 Å². The number of hydrogen-bond acceptors (Lipinski definition) is 7. The predicted molar refractivity (Wildman–Crippen MR) is 170 cm³/mol.